The van der Waals surface area contributed by atoms with Crippen molar-refractivity contribution in [3.63, 3.8) is 0 Å². The van der Waals surface area contributed by atoms with Crippen LogP contribution in [-0.4, -0.2) is 17.9 Å². The molecule has 1 aliphatic rings. The summed E-state index contributed by atoms with van der Waals surface area (Å²) in [6, 6.07) is 7.13. The van der Waals surface area contributed by atoms with Gasteiger partial charge in [-0.25, -0.2) is 0 Å². The summed E-state index contributed by atoms with van der Waals surface area (Å²) in [6.45, 7) is 5.35. The van der Waals surface area contributed by atoms with Gasteiger partial charge in [-0.05, 0) is 11.6 Å². The highest BCUT2D eigenvalue weighted by Gasteiger charge is 2.42. The molecule has 4 heteroatoms. The summed E-state index contributed by atoms with van der Waals surface area (Å²) < 4.78 is 0. The molecule has 2 amide bonds. The Hall–Kier alpha value is -1.84. The fourth-order valence-electron chi connectivity index (χ4n) is 2.29. The van der Waals surface area contributed by atoms with Crippen molar-refractivity contribution in [2.75, 3.05) is 5.32 Å². The molecule has 1 atom stereocenters. The minimum absolute atomic E-state index is 0.163. The van der Waals surface area contributed by atoms with Crippen molar-refractivity contribution in [2.24, 2.45) is 0 Å². The van der Waals surface area contributed by atoms with Gasteiger partial charge < -0.3 is 10.6 Å². The molecule has 0 saturated heterocycles. The zero-order chi connectivity index (χ0) is 12.6. The smallest absolute Gasteiger partial charge is 0.247 e. The van der Waals surface area contributed by atoms with E-state index in [0.29, 0.717) is 0 Å². The van der Waals surface area contributed by atoms with E-state index in [1.165, 1.54) is 6.92 Å². The van der Waals surface area contributed by atoms with Crippen molar-refractivity contribution < 1.29 is 9.59 Å². The number of nitrogens with one attached hydrogen (secondary N) is 2. The Morgan fingerprint density at radius 1 is 1.35 bits per heavy atom. The molecule has 1 unspecified atom stereocenters. The van der Waals surface area contributed by atoms with Crippen LogP contribution in [0, 0.1) is 0 Å². The molecule has 2 rings (SSSR count). The quantitative estimate of drug-likeness (QED) is 0.769. The Kier molecular flexibility index (Phi) is 2.65. The van der Waals surface area contributed by atoms with Gasteiger partial charge in [0.2, 0.25) is 11.8 Å². The Morgan fingerprint density at radius 3 is 2.65 bits per heavy atom. The fourth-order valence-corrected chi connectivity index (χ4v) is 2.29. The van der Waals surface area contributed by atoms with Gasteiger partial charge in [-0.1, -0.05) is 32.0 Å². The van der Waals surface area contributed by atoms with E-state index in [-0.39, 0.29) is 11.8 Å². The predicted molar refractivity (Wildman–Crippen MR) is 65.7 cm³/mol. The van der Waals surface area contributed by atoms with Crippen LogP contribution in [0.1, 0.15) is 26.3 Å². The first-order valence-electron chi connectivity index (χ1n) is 5.60. The summed E-state index contributed by atoms with van der Waals surface area (Å²) in [5.41, 5.74) is 1.45. The second-order valence-electron chi connectivity index (χ2n) is 4.89. The molecule has 1 aromatic rings. The van der Waals surface area contributed by atoms with Gasteiger partial charge in [0.15, 0.2) is 0 Å². The summed E-state index contributed by atoms with van der Waals surface area (Å²) in [5, 5.41) is 5.53. The molecule has 0 aromatic heterocycles. The van der Waals surface area contributed by atoms with E-state index in [2.05, 4.69) is 10.6 Å². The van der Waals surface area contributed by atoms with Crippen molar-refractivity contribution in [1.82, 2.24) is 5.32 Å². The number of anilines is 1. The van der Waals surface area contributed by atoms with Gasteiger partial charge in [0.05, 0.1) is 0 Å². The van der Waals surface area contributed by atoms with Gasteiger partial charge in [0.1, 0.15) is 6.04 Å². The first-order chi connectivity index (χ1) is 7.93. The number of amides is 2. The lowest BCUT2D eigenvalue weighted by molar-refractivity contribution is -0.126. The zero-order valence-corrected chi connectivity index (χ0v) is 10.2. The summed E-state index contributed by atoms with van der Waals surface area (Å²) >= 11 is 0. The molecule has 4 nitrogen and oxygen atoms in total. The normalized spacial score (nSPS) is 21.4. The molecule has 17 heavy (non-hydrogen) atoms. The van der Waals surface area contributed by atoms with Crippen LogP contribution in [0.4, 0.5) is 5.69 Å². The molecule has 0 fully saturated rings. The van der Waals surface area contributed by atoms with E-state index in [1.807, 2.05) is 38.1 Å². The Balaban J connectivity index is 2.46. The molecule has 1 aromatic carbocycles. The zero-order valence-electron chi connectivity index (χ0n) is 10.2. The second kappa shape index (κ2) is 3.87. The van der Waals surface area contributed by atoms with Gasteiger partial charge in [0.25, 0.3) is 0 Å². The minimum atomic E-state index is -0.533. The summed E-state index contributed by atoms with van der Waals surface area (Å²) in [5.74, 6) is -0.360. The van der Waals surface area contributed by atoms with Gasteiger partial charge >= 0.3 is 0 Å². The standard InChI is InChI=1S/C13H16N2O2/c1-8(16)14-11-12(17)15-10-7-5-4-6-9(10)13(11,2)3/h4-7,11H,1-3H3,(H,14,16)(H,15,17). The van der Waals surface area contributed by atoms with Gasteiger partial charge in [-0.3, -0.25) is 9.59 Å². The molecular weight excluding hydrogens is 216 g/mol. The number of para-hydroxylation sites is 1. The predicted octanol–water partition coefficient (Wildman–Crippen LogP) is 1.42. The number of rotatable bonds is 1. The van der Waals surface area contributed by atoms with E-state index in [1.54, 1.807) is 0 Å². The highest BCUT2D eigenvalue weighted by Crippen LogP contribution is 2.36. The van der Waals surface area contributed by atoms with Crippen molar-refractivity contribution in [2.45, 2.75) is 32.2 Å². The maximum atomic E-state index is 12.0. The number of benzene rings is 1. The fraction of sp³-hybridized carbons (Fsp3) is 0.385. The average molecular weight is 232 g/mol. The van der Waals surface area contributed by atoms with Crippen molar-refractivity contribution in [1.29, 1.82) is 0 Å². The lowest BCUT2D eigenvalue weighted by Crippen LogP contribution is -2.56. The first-order valence-corrected chi connectivity index (χ1v) is 5.60. The third-order valence-electron chi connectivity index (χ3n) is 3.21. The van der Waals surface area contributed by atoms with Crippen LogP contribution in [0.5, 0.6) is 0 Å². The number of hydrogen-bond acceptors (Lipinski definition) is 2. The molecule has 1 heterocycles. The van der Waals surface area contributed by atoms with Crippen molar-refractivity contribution in [3.05, 3.63) is 29.8 Å². The van der Waals surface area contributed by atoms with E-state index in [0.717, 1.165) is 11.3 Å². The monoisotopic (exact) mass is 232 g/mol. The molecule has 0 saturated carbocycles. The van der Waals surface area contributed by atoms with Crippen LogP contribution < -0.4 is 10.6 Å². The molecule has 0 radical (unpaired) electrons. The van der Waals surface area contributed by atoms with E-state index in [9.17, 15) is 9.59 Å². The molecule has 2 N–H and O–H groups in total. The van der Waals surface area contributed by atoms with Crippen LogP contribution in [0.3, 0.4) is 0 Å². The first kappa shape index (κ1) is 11.6. The topological polar surface area (TPSA) is 58.2 Å². The van der Waals surface area contributed by atoms with Crippen LogP contribution in [0.15, 0.2) is 24.3 Å². The summed E-state index contributed by atoms with van der Waals surface area (Å²) in [4.78, 5) is 23.1. The Bertz CT molecular complexity index is 480. The number of hydrogen-bond donors (Lipinski definition) is 2. The summed E-state index contributed by atoms with van der Waals surface area (Å²) in [7, 11) is 0. The third-order valence-corrected chi connectivity index (χ3v) is 3.21. The molecule has 0 bridgehead atoms. The Labute approximate surface area is 100 Å². The van der Waals surface area contributed by atoms with E-state index in [4.69, 9.17) is 0 Å². The van der Waals surface area contributed by atoms with E-state index >= 15 is 0 Å². The largest absolute Gasteiger partial charge is 0.344 e. The highest BCUT2D eigenvalue weighted by molar-refractivity contribution is 6.01. The molecule has 1 aliphatic heterocycles. The van der Waals surface area contributed by atoms with E-state index < -0.39 is 11.5 Å². The summed E-state index contributed by atoms with van der Waals surface area (Å²) in [6.07, 6.45) is 0. The number of carbonyl (C=O) groups excluding carboxylic acids is 2. The minimum Gasteiger partial charge on any atom is -0.344 e. The lowest BCUT2D eigenvalue weighted by Gasteiger charge is -2.39. The maximum Gasteiger partial charge on any atom is 0.247 e. The molecule has 0 spiro atoms. The van der Waals surface area contributed by atoms with Crippen LogP contribution >= 0.6 is 0 Å². The SMILES string of the molecule is CC(=O)NC1C(=O)Nc2ccccc2C1(C)C. The lowest BCUT2D eigenvalue weighted by atomic mass is 9.74. The molecular formula is C13H16N2O2. The van der Waals surface area contributed by atoms with Crippen LogP contribution in [0.2, 0.25) is 0 Å². The van der Waals surface area contributed by atoms with Gasteiger partial charge in [-0.2, -0.15) is 0 Å². The second-order valence-corrected chi connectivity index (χ2v) is 4.89. The van der Waals surface area contributed by atoms with Crippen molar-refractivity contribution in [3.8, 4) is 0 Å². The van der Waals surface area contributed by atoms with Gasteiger partial charge in [-0.15, -0.1) is 0 Å². The molecule has 0 aliphatic carbocycles. The van der Waals surface area contributed by atoms with Gasteiger partial charge in [0, 0.05) is 18.0 Å². The third kappa shape index (κ3) is 1.90. The highest BCUT2D eigenvalue weighted by atomic mass is 16.2. The van der Waals surface area contributed by atoms with Crippen LogP contribution in [-0.2, 0) is 15.0 Å². The maximum absolute atomic E-state index is 12.0. The number of carbonyl (C=O) groups is 2. The average Bonchev–Trinajstić information content (AvgIpc) is 2.24. The number of fused-ring (bicyclic) bond motifs is 1. The van der Waals surface area contributed by atoms with Crippen LogP contribution in [0.25, 0.3) is 0 Å². The Morgan fingerprint density at radius 2 is 2.00 bits per heavy atom. The van der Waals surface area contributed by atoms with Crippen molar-refractivity contribution >= 4 is 17.5 Å². The molecule has 90 valence electrons.